The number of nitrogens with two attached hydrogens (primary N) is 1. The van der Waals surface area contributed by atoms with Crippen LogP contribution >= 0.6 is 0 Å². The lowest BCUT2D eigenvalue weighted by Crippen LogP contribution is -2.54. The molecule has 3 N–H and O–H groups in total. The van der Waals surface area contributed by atoms with Crippen LogP contribution in [0.4, 0.5) is 0 Å². The number of carbonyl (C=O) groups is 5. The summed E-state index contributed by atoms with van der Waals surface area (Å²) in [5, 5.41) is 2.21. The fraction of sp³-hybridized carbons (Fsp3) is 0.560. The number of nitrogens with one attached hydrogen (secondary N) is 1. The molecule has 0 radical (unpaired) electrons. The van der Waals surface area contributed by atoms with Crippen molar-refractivity contribution < 1.29 is 24.0 Å². The summed E-state index contributed by atoms with van der Waals surface area (Å²) < 4.78 is 0. The van der Waals surface area contributed by atoms with Crippen LogP contribution in [0, 0.1) is 5.92 Å². The van der Waals surface area contributed by atoms with Crippen molar-refractivity contribution >= 4 is 29.5 Å². The van der Waals surface area contributed by atoms with Crippen molar-refractivity contribution in [3.8, 4) is 0 Å². The zero-order chi connectivity index (χ0) is 24.7. The third kappa shape index (κ3) is 4.60. The molecule has 0 spiro atoms. The fourth-order valence-electron chi connectivity index (χ4n) is 5.59. The van der Waals surface area contributed by atoms with Crippen molar-refractivity contribution in [3.63, 3.8) is 0 Å². The average molecular weight is 482 g/mol. The van der Waals surface area contributed by atoms with Gasteiger partial charge in [-0.2, -0.15) is 0 Å². The van der Waals surface area contributed by atoms with E-state index in [0.717, 1.165) is 62.3 Å². The van der Waals surface area contributed by atoms with Gasteiger partial charge in [-0.1, -0.05) is 6.07 Å². The van der Waals surface area contributed by atoms with E-state index in [1.54, 1.807) is 12.1 Å². The maximum Gasteiger partial charge on any atom is 0.262 e. The number of fused-ring (bicyclic) bond motifs is 1. The van der Waals surface area contributed by atoms with E-state index in [9.17, 15) is 24.0 Å². The zero-order valence-electron chi connectivity index (χ0n) is 19.7. The third-order valence-corrected chi connectivity index (χ3v) is 7.70. The number of carbonyl (C=O) groups excluding carboxylic acids is 5. The molecule has 1 atom stereocenters. The van der Waals surface area contributed by atoms with Crippen LogP contribution in [-0.2, 0) is 20.9 Å². The maximum atomic E-state index is 13.0. The minimum absolute atomic E-state index is 0.0434. The molecule has 1 aromatic carbocycles. The fourth-order valence-corrected chi connectivity index (χ4v) is 5.59. The summed E-state index contributed by atoms with van der Waals surface area (Å²) in [7, 11) is 0. The van der Waals surface area contributed by atoms with E-state index in [2.05, 4.69) is 10.2 Å². The Bertz CT molecular complexity index is 1070. The van der Waals surface area contributed by atoms with E-state index < -0.39 is 29.7 Å². The lowest BCUT2D eigenvalue weighted by molar-refractivity contribution is -0.138. The van der Waals surface area contributed by atoms with E-state index in [-0.39, 0.29) is 36.3 Å². The Labute approximate surface area is 203 Å². The van der Waals surface area contributed by atoms with Crippen molar-refractivity contribution in [1.29, 1.82) is 0 Å². The highest BCUT2D eigenvalue weighted by atomic mass is 16.2. The number of hydrogen-bond acceptors (Lipinski definition) is 7. The van der Waals surface area contributed by atoms with E-state index in [0.29, 0.717) is 12.1 Å². The van der Waals surface area contributed by atoms with Crippen LogP contribution in [0.3, 0.4) is 0 Å². The summed E-state index contributed by atoms with van der Waals surface area (Å²) in [4.78, 5) is 67.7. The average Bonchev–Trinajstić information content (AvgIpc) is 3.09. The quantitative estimate of drug-likeness (QED) is 0.589. The third-order valence-electron chi connectivity index (χ3n) is 7.70. The molecule has 5 amide bonds. The topological polar surface area (TPSA) is 133 Å². The SMILES string of the molecule is NC1CCN(C(=O)C2CCN(Cc3ccc4c(c3)C(=O)N(C3CCC(=O)NC3=O)C4=O)CC2)CC1. The van der Waals surface area contributed by atoms with Crippen LogP contribution in [0.25, 0.3) is 0 Å². The molecule has 0 aliphatic carbocycles. The van der Waals surface area contributed by atoms with Gasteiger partial charge in [0.1, 0.15) is 6.04 Å². The Morgan fingerprint density at radius 1 is 0.914 bits per heavy atom. The summed E-state index contributed by atoms with van der Waals surface area (Å²) in [5.74, 6) is -1.71. The predicted molar refractivity (Wildman–Crippen MR) is 125 cm³/mol. The number of piperidine rings is 3. The standard InChI is InChI=1S/C25H31N5O5/c26-17-7-11-29(12-8-17)23(33)16-5-9-28(10-6-16)14-15-1-2-18-19(13-15)25(35)30(24(18)34)20-3-4-21(31)27-22(20)32/h1-2,13,16-17,20H,3-12,14,26H2,(H,27,31,32). The van der Waals surface area contributed by atoms with Crippen LogP contribution in [0.5, 0.6) is 0 Å². The second-order valence-electron chi connectivity index (χ2n) is 10.0. The first-order valence-electron chi connectivity index (χ1n) is 12.4. The van der Waals surface area contributed by atoms with Gasteiger partial charge in [-0.25, -0.2) is 0 Å². The number of imide groups is 2. The van der Waals surface area contributed by atoms with Gasteiger partial charge in [0, 0.05) is 38.0 Å². The minimum Gasteiger partial charge on any atom is -0.342 e. The molecule has 0 bridgehead atoms. The smallest absolute Gasteiger partial charge is 0.262 e. The van der Waals surface area contributed by atoms with E-state index in [1.165, 1.54) is 0 Å². The molecule has 4 heterocycles. The molecule has 10 heteroatoms. The first-order chi connectivity index (χ1) is 16.8. The number of hydrogen-bond donors (Lipinski definition) is 2. The highest BCUT2D eigenvalue weighted by Gasteiger charge is 2.44. The maximum absolute atomic E-state index is 13.0. The molecule has 3 saturated heterocycles. The van der Waals surface area contributed by atoms with Crippen molar-refractivity contribution in [2.24, 2.45) is 11.7 Å². The first-order valence-corrected chi connectivity index (χ1v) is 12.4. The molecule has 0 saturated carbocycles. The summed E-state index contributed by atoms with van der Waals surface area (Å²) >= 11 is 0. The van der Waals surface area contributed by atoms with E-state index >= 15 is 0 Å². The second-order valence-corrected chi connectivity index (χ2v) is 10.0. The summed E-state index contributed by atoms with van der Waals surface area (Å²) in [6.45, 7) is 3.69. The molecule has 5 rings (SSSR count). The van der Waals surface area contributed by atoms with Gasteiger partial charge >= 0.3 is 0 Å². The number of benzene rings is 1. The van der Waals surface area contributed by atoms with Crippen LogP contribution in [0.15, 0.2) is 18.2 Å². The molecular formula is C25H31N5O5. The molecular weight excluding hydrogens is 450 g/mol. The van der Waals surface area contributed by atoms with Gasteiger partial charge in [-0.3, -0.25) is 39.1 Å². The first kappa shape index (κ1) is 23.6. The van der Waals surface area contributed by atoms with Gasteiger partial charge in [0.05, 0.1) is 11.1 Å². The van der Waals surface area contributed by atoms with Gasteiger partial charge < -0.3 is 10.6 Å². The van der Waals surface area contributed by atoms with Crippen molar-refractivity contribution in [3.05, 3.63) is 34.9 Å². The normalized spacial score (nSPS) is 24.7. The molecule has 4 aliphatic rings. The Hall–Kier alpha value is -3.11. The van der Waals surface area contributed by atoms with Gasteiger partial charge in [-0.15, -0.1) is 0 Å². The van der Waals surface area contributed by atoms with Gasteiger partial charge in [0.25, 0.3) is 11.8 Å². The van der Waals surface area contributed by atoms with Crippen molar-refractivity contribution in [2.75, 3.05) is 26.2 Å². The van der Waals surface area contributed by atoms with Crippen molar-refractivity contribution in [2.45, 2.75) is 57.2 Å². The van der Waals surface area contributed by atoms with Crippen LogP contribution in [-0.4, -0.2) is 82.5 Å². The van der Waals surface area contributed by atoms with Gasteiger partial charge in [-0.05, 0) is 62.9 Å². The van der Waals surface area contributed by atoms with Crippen LogP contribution in [0.1, 0.15) is 64.8 Å². The molecule has 186 valence electrons. The highest BCUT2D eigenvalue weighted by Crippen LogP contribution is 2.29. The molecule has 4 aliphatic heterocycles. The Morgan fingerprint density at radius 3 is 2.29 bits per heavy atom. The number of amides is 5. The predicted octanol–water partition coefficient (Wildman–Crippen LogP) is 0.250. The molecule has 35 heavy (non-hydrogen) atoms. The van der Waals surface area contributed by atoms with Crippen molar-refractivity contribution in [1.82, 2.24) is 20.0 Å². The number of rotatable bonds is 4. The number of nitrogens with zero attached hydrogens (tertiary/aromatic N) is 3. The van der Waals surface area contributed by atoms with E-state index in [1.807, 2.05) is 11.0 Å². The lowest BCUT2D eigenvalue weighted by atomic mass is 9.93. The van der Waals surface area contributed by atoms with Crippen LogP contribution < -0.4 is 11.1 Å². The Morgan fingerprint density at radius 2 is 1.60 bits per heavy atom. The zero-order valence-corrected chi connectivity index (χ0v) is 19.7. The second kappa shape index (κ2) is 9.50. The minimum atomic E-state index is -0.962. The molecule has 1 unspecified atom stereocenters. The molecule has 3 fully saturated rings. The summed E-state index contributed by atoms with van der Waals surface area (Å²) in [5.41, 5.74) is 7.45. The molecule has 1 aromatic rings. The number of likely N-dealkylation sites (tertiary alicyclic amines) is 2. The summed E-state index contributed by atoms with van der Waals surface area (Å²) in [6.07, 6.45) is 3.57. The summed E-state index contributed by atoms with van der Waals surface area (Å²) in [6, 6.07) is 4.46. The molecule has 0 aromatic heterocycles. The van der Waals surface area contributed by atoms with Crippen LogP contribution in [0.2, 0.25) is 0 Å². The highest BCUT2D eigenvalue weighted by molar-refractivity contribution is 6.23. The lowest BCUT2D eigenvalue weighted by Gasteiger charge is -2.36. The van der Waals surface area contributed by atoms with E-state index in [4.69, 9.17) is 5.73 Å². The van der Waals surface area contributed by atoms with Gasteiger partial charge in [0.15, 0.2) is 0 Å². The molecule has 10 nitrogen and oxygen atoms in total. The Kier molecular flexibility index (Phi) is 6.41. The largest absolute Gasteiger partial charge is 0.342 e. The van der Waals surface area contributed by atoms with Gasteiger partial charge in [0.2, 0.25) is 17.7 Å². The monoisotopic (exact) mass is 481 g/mol. The Balaban J connectivity index is 1.19.